The Morgan fingerprint density at radius 3 is 2.69 bits per heavy atom. The van der Waals surface area contributed by atoms with Gasteiger partial charge in [-0.2, -0.15) is 0 Å². The number of halogens is 1. The second-order valence-electron chi connectivity index (χ2n) is 3.14. The number of phenolic OH excluding ortho intramolecular Hbond substituents is 1. The number of aromatic hydroxyl groups is 1. The molecule has 0 aromatic heterocycles. The monoisotopic (exact) mass is 288 g/mol. The lowest BCUT2D eigenvalue weighted by atomic mass is 10.1. The van der Waals surface area contributed by atoms with E-state index in [1.54, 1.807) is 0 Å². The van der Waals surface area contributed by atoms with E-state index in [0.29, 0.717) is 11.1 Å². The van der Waals surface area contributed by atoms with Crippen LogP contribution >= 0.6 is 15.9 Å². The third kappa shape index (κ3) is 1.41. The predicted molar refractivity (Wildman–Crippen MR) is 58.3 cm³/mol. The van der Waals surface area contributed by atoms with Crippen molar-refractivity contribution in [2.75, 3.05) is 14.2 Å². The lowest BCUT2D eigenvalue weighted by Crippen LogP contribution is -1.97. The maximum absolute atomic E-state index is 11.5. The van der Waals surface area contributed by atoms with Gasteiger partial charge in [0.1, 0.15) is 0 Å². The van der Waals surface area contributed by atoms with Gasteiger partial charge in [-0.05, 0) is 22.0 Å². The van der Waals surface area contributed by atoms with Crippen LogP contribution < -0.4 is 9.47 Å². The van der Waals surface area contributed by atoms with Crippen molar-refractivity contribution in [2.45, 2.75) is 5.01 Å². The normalized spacial score (nSPS) is 17.9. The molecule has 2 rings (SSSR count). The topological polar surface area (TPSA) is 65.0 Å². The Morgan fingerprint density at radius 2 is 2.12 bits per heavy atom. The zero-order valence-electron chi connectivity index (χ0n) is 8.61. The summed E-state index contributed by atoms with van der Waals surface area (Å²) in [6.07, 6.45) is 0. The summed E-state index contributed by atoms with van der Waals surface area (Å²) < 4.78 is 15.0. The lowest BCUT2D eigenvalue weighted by molar-refractivity contribution is 0.0529. The van der Waals surface area contributed by atoms with Crippen LogP contribution in [0.15, 0.2) is 6.07 Å². The number of benzene rings is 1. The molecule has 0 spiro atoms. The van der Waals surface area contributed by atoms with Crippen molar-refractivity contribution in [3.8, 4) is 17.2 Å². The maximum Gasteiger partial charge on any atom is 0.340 e. The van der Waals surface area contributed by atoms with Gasteiger partial charge < -0.3 is 19.3 Å². The van der Waals surface area contributed by atoms with Crippen molar-refractivity contribution in [2.24, 2.45) is 0 Å². The predicted octanol–water partition coefficient (Wildman–Crippen LogP) is 1.97. The van der Waals surface area contributed by atoms with Crippen molar-refractivity contribution < 1.29 is 24.1 Å². The van der Waals surface area contributed by atoms with Gasteiger partial charge in [0.2, 0.25) is 5.75 Å². The molecule has 0 fully saturated rings. The number of esters is 1. The smallest absolute Gasteiger partial charge is 0.340 e. The van der Waals surface area contributed by atoms with E-state index in [0.717, 1.165) is 0 Å². The first-order chi connectivity index (χ1) is 7.60. The van der Waals surface area contributed by atoms with Crippen LogP contribution in [-0.2, 0) is 4.74 Å². The highest BCUT2D eigenvalue weighted by atomic mass is 79.9. The van der Waals surface area contributed by atoms with Crippen LogP contribution in [0.2, 0.25) is 0 Å². The second-order valence-corrected chi connectivity index (χ2v) is 3.97. The molecule has 0 amide bonds. The number of ether oxygens (including phenoxy) is 3. The minimum atomic E-state index is -0.609. The van der Waals surface area contributed by atoms with E-state index < -0.39 is 11.0 Å². The fourth-order valence-electron chi connectivity index (χ4n) is 1.61. The molecule has 1 atom stereocenters. The fraction of sp³-hybridized carbons (Fsp3) is 0.300. The standard InChI is InChI=1S/C10H9BrO5/c1-14-5-3-4-6(8(15-2)7(5)12)9(11)16-10(4)13/h3,9,12H,1-2H3. The van der Waals surface area contributed by atoms with Crippen LogP contribution in [0.5, 0.6) is 17.2 Å². The lowest BCUT2D eigenvalue weighted by Gasteiger charge is -2.12. The molecule has 5 nitrogen and oxygen atoms in total. The van der Waals surface area contributed by atoms with Crippen molar-refractivity contribution in [1.29, 1.82) is 0 Å². The quantitative estimate of drug-likeness (QED) is 0.666. The molecule has 0 aliphatic carbocycles. The van der Waals surface area contributed by atoms with Crippen LogP contribution in [0, 0.1) is 0 Å². The molecule has 0 saturated heterocycles. The van der Waals surface area contributed by atoms with Crippen LogP contribution in [0.1, 0.15) is 20.9 Å². The van der Waals surface area contributed by atoms with Crippen LogP contribution in [0.4, 0.5) is 0 Å². The summed E-state index contributed by atoms with van der Waals surface area (Å²) in [6.45, 7) is 0. The minimum absolute atomic E-state index is 0.147. The summed E-state index contributed by atoms with van der Waals surface area (Å²) >= 11 is 3.17. The Hall–Kier alpha value is -1.43. The largest absolute Gasteiger partial charge is 0.502 e. The highest BCUT2D eigenvalue weighted by Crippen LogP contribution is 2.49. The first-order valence-corrected chi connectivity index (χ1v) is 5.34. The summed E-state index contributed by atoms with van der Waals surface area (Å²) in [5.41, 5.74) is 0.805. The molecule has 1 aromatic carbocycles. The molecule has 1 unspecified atom stereocenters. The molecule has 0 radical (unpaired) electrons. The third-order valence-corrected chi connectivity index (χ3v) is 2.98. The first kappa shape index (κ1) is 11.1. The number of hydrogen-bond donors (Lipinski definition) is 1. The number of hydrogen-bond acceptors (Lipinski definition) is 5. The number of alkyl halides is 1. The zero-order valence-corrected chi connectivity index (χ0v) is 10.2. The van der Waals surface area contributed by atoms with Gasteiger partial charge in [0.25, 0.3) is 0 Å². The van der Waals surface area contributed by atoms with Gasteiger partial charge in [-0.1, -0.05) is 0 Å². The van der Waals surface area contributed by atoms with E-state index in [2.05, 4.69) is 15.9 Å². The molecule has 1 aliphatic rings. The Morgan fingerprint density at radius 1 is 1.44 bits per heavy atom. The summed E-state index contributed by atoms with van der Waals surface area (Å²) in [5, 5.41) is 9.21. The van der Waals surface area contributed by atoms with Gasteiger partial charge in [0, 0.05) is 0 Å². The Labute approximate surface area is 100 Å². The van der Waals surface area contributed by atoms with Gasteiger partial charge in [0.15, 0.2) is 16.5 Å². The minimum Gasteiger partial charge on any atom is -0.502 e. The molecular formula is C10H9BrO5. The molecule has 0 saturated carbocycles. The summed E-state index contributed by atoms with van der Waals surface area (Å²) in [5.74, 6) is -0.267. The number of fused-ring (bicyclic) bond motifs is 1. The van der Waals surface area contributed by atoms with Crippen LogP contribution in [0.25, 0.3) is 0 Å². The van der Waals surface area contributed by atoms with E-state index in [1.165, 1.54) is 20.3 Å². The molecule has 16 heavy (non-hydrogen) atoms. The molecule has 1 N–H and O–H groups in total. The van der Waals surface area contributed by atoms with Crippen LogP contribution in [0.3, 0.4) is 0 Å². The number of phenols is 1. The van der Waals surface area contributed by atoms with E-state index in [4.69, 9.17) is 14.2 Å². The van der Waals surface area contributed by atoms with Crippen molar-refractivity contribution in [1.82, 2.24) is 0 Å². The average molecular weight is 289 g/mol. The van der Waals surface area contributed by atoms with Crippen molar-refractivity contribution in [3.05, 3.63) is 17.2 Å². The van der Waals surface area contributed by atoms with E-state index in [9.17, 15) is 9.90 Å². The van der Waals surface area contributed by atoms with Crippen LogP contribution in [-0.4, -0.2) is 25.3 Å². The van der Waals surface area contributed by atoms with Gasteiger partial charge >= 0.3 is 5.97 Å². The number of methoxy groups -OCH3 is 2. The second kappa shape index (κ2) is 3.86. The summed E-state index contributed by atoms with van der Waals surface area (Å²) in [4.78, 5) is 11.5. The van der Waals surface area contributed by atoms with Crippen molar-refractivity contribution >= 4 is 21.9 Å². The fourth-order valence-corrected chi connectivity index (χ4v) is 2.24. The van der Waals surface area contributed by atoms with E-state index >= 15 is 0 Å². The summed E-state index contributed by atoms with van der Waals surface area (Å²) in [7, 11) is 2.80. The maximum atomic E-state index is 11.5. The molecule has 6 heteroatoms. The summed E-state index contributed by atoms with van der Waals surface area (Å²) in [6, 6.07) is 1.43. The van der Waals surface area contributed by atoms with E-state index in [-0.39, 0.29) is 17.2 Å². The number of carbonyl (C=O) groups is 1. The molecule has 1 aliphatic heterocycles. The third-order valence-electron chi connectivity index (χ3n) is 2.34. The number of carbonyl (C=O) groups excluding carboxylic acids is 1. The average Bonchev–Trinajstić information content (AvgIpc) is 2.54. The highest BCUT2D eigenvalue weighted by Gasteiger charge is 2.35. The number of rotatable bonds is 2. The van der Waals surface area contributed by atoms with Gasteiger partial charge in [-0.15, -0.1) is 0 Å². The van der Waals surface area contributed by atoms with Crippen molar-refractivity contribution in [3.63, 3.8) is 0 Å². The molecule has 1 aromatic rings. The molecule has 86 valence electrons. The van der Waals surface area contributed by atoms with Gasteiger partial charge in [-0.25, -0.2) is 4.79 Å². The molecular weight excluding hydrogens is 280 g/mol. The Kier molecular flexibility index (Phi) is 2.67. The Balaban J connectivity index is 2.72. The molecule has 1 heterocycles. The van der Waals surface area contributed by atoms with Gasteiger partial charge in [0.05, 0.1) is 25.3 Å². The van der Waals surface area contributed by atoms with Gasteiger partial charge in [-0.3, -0.25) is 0 Å². The highest BCUT2D eigenvalue weighted by molar-refractivity contribution is 9.09. The zero-order chi connectivity index (χ0) is 11.9. The SMILES string of the molecule is COc1cc2c(c(OC)c1O)C(Br)OC2=O. The van der Waals surface area contributed by atoms with E-state index in [1.807, 2.05) is 0 Å². The number of cyclic esters (lactones) is 1. The first-order valence-electron chi connectivity index (χ1n) is 4.43. The Bertz CT molecular complexity index is 457. The molecule has 0 bridgehead atoms.